The Labute approximate surface area is 109 Å². The minimum Gasteiger partial charge on any atom is -0.293 e. The van der Waals surface area contributed by atoms with E-state index in [9.17, 15) is 4.79 Å². The molecule has 0 unspecified atom stereocenters. The highest BCUT2D eigenvalue weighted by Gasteiger charge is 2.46. The quantitative estimate of drug-likeness (QED) is 0.465. The number of fused-ring (bicyclic) bond motifs is 1. The number of alkyl halides is 1. The van der Waals surface area contributed by atoms with Gasteiger partial charge in [0.2, 0.25) is 0 Å². The average Bonchev–Trinajstić information content (AvgIpc) is 2.46. The molecule has 0 saturated carbocycles. The first-order chi connectivity index (χ1) is 7.88. The van der Waals surface area contributed by atoms with Gasteiger partial charge in [-0.15, -0.1) is 11.6 Å². The average molecular weight is 253 g/mol. The third kappa shape index (κ3) is 1.89. The van der Waals surface area contributed by atoms with Crippen molar-refractivity contribution in [3.05, 3.63) is 22.8 Å². The van der Waals surface area contributed by atoms with Crippen LogP contribution in [0, 0.1) is 11.3 Å². The van der Waals surface area contributed by atoms with Crippen molar-refractivity contribution < 1.29 is 4.79 Å². The molecular formula is C15H21ClO. The number of allylic oxidation sites excluding steroid dienone is 4. The SMILES string of the molecule is CC1=CC[C@@]2(C)C(=C(C)C(=O)[C@@H](Cl)[C@@H]2C)CC1. The van der Waals surface area contributed by atoms with Gasteiger partial charge in [0.05, 0.1) is 5.38 Å². The molecule has 17 heavy (non-hydrogen) atoms. The van der Waals surface area contributed by atoms with Gasteiger partial charge in [-0.25, -0.2) is 0 Å². The van der Waals surface area contributed by atoms with Gasteiger partial charge >= 0.3 is 0 Å². The van der Waals surface area contributed by atoms with Crippen LogP contribution in [-0.4, -0.2) is 11.2 Å². The van der Waals surface area contributed by atoms with Gasteiger partial charge in [0, 0.05) is 0 Å². The van der Waals surface area contributed by atoms with E-state index in [1.165, 1.54) is 11.1 Å². The minimum atomic E-state index is -0.351. The van der Waals surface area contributed by atoms with Gasteiger partial charge < -0.3 is 0 Å². The lowest BCUT2D eigenvalue weighted by Crippen LogP contribution is -2.42. The van der Waals surface area contributed by atoms with Crippen molar-refractivity contribution in [2.45, 2.75) is 52.3 Å². The maximum absolute atomic E-state index is 12.1. The van der Waals surface area contributed by atoms with Crippen molar-refractivity contribution in [3.63, 3.8) is 0 Å². The molecule has 0 spiro atoms. The topological polar surface area (TPSA) is 17.1 Å². The predicted molar refractivity (Wildman–Crippen MR) is 72.2 cm³/mol. The summed E-state index contributed by atoms with van der Waals surface area (Å²) in [6.07, 6.45) is 5.44. The third-order valence-corrected chi connectivity index (χ3v) is 5.43. The van der Waals surface area contributed by atoms with Crippen LogP contribution in [0.4, 0.5) is 0 Å². The Balaban J connectivity index is 2.53. The minimum absolute atomic E-state index is 0.0716. The normalized spacial score (nSPS) is 38.6. The molecule has 1 nitrogen and oxygen atoms in total. The molecule has 0 fully saturated rings. The van der Waals surface area contributed by atoms with Crippen LogP contribution in [0.5, 0.6) is 0 Å². The summed E-state index contributed by atoms with van der Waals surface area (Å²) in [5.74, 6) is 0.365. The van der Waals surface area contributed by atoms with Crippen LogP contribution in [0.1, 0.15) is 47.0 Å². The summed E-state index contributed by atoms with van der Waals surface area (Å²) < 4.78 is 0. The molecule has 2 aliphatic rings. The monoisotopic (exact) mass is 252 g/mol. The van der Waals surface area contributed by atoms with Crippen LogP contribution >= 0.6 is 11.6 Å². The number of halogens is 1. The van der Waals surface area contributed by atoms with Gasteiger partial charge in [0.1, 0.15) is 0 Å². The lowest BCUT2D eigenvalue weighted by Gasteiger charge is -2.43. The highest BCUT2D eigenvalue weighted by atomic mass is 35.5. The zero-order valence-electron chi connectivity index (χ0n) is 11.1. The molecule has 0 aromatic rings. The number of hydrogen-bond donors (Lipinski definition) is 0. The summed E-state index contributed by atoms with van der Waals surface area (Å²) >= 11 is 6.31. The number of carbonyl (C=O) groups excluding carboxylic acids is 1. The van der Waals surface area contributed by atoms with Gasteiger partial charge in [0.15, 0.2) is 5.78 Å². The van der Waals surface area contributed by atoms with Gasteiger partial charge in [0.25, 0.3) is 0 Å². The first-order valence-electron chi connectivity index (χ1n) is 6.42. The van der Waals surface area contributed by atoms with E-state index in [1.807, 2.05) is 6.92 Å². The van der Waals surface area contributed by atoms with Crippen LogP contribution in [0.2, 0.25) is 0 Å². The fourth-order valence-corrected chi connectivity index (χ4v) is 3.64. The molecule has 3 atom stereocenters. The van der Waals surface area contributed by atoms with Crippen molar-refractivity contribution in [1.82, 2.24) is 0 Å². The van der Waals surface area contributed by atoms with E-state index in [1.54, 1.807) is 0 Å². The first kappa shape index (κ1) is 12.9. The standard InChI is InChI=1S/C15H21ClO/c1-9-5-6-12-10(2)14(17)13(16)11(3)15(12,4)8-7-9/h7,11,13H,5-6,8H2,1-4H3/t11-,13-,15+/m0/s1. The maximum atomic E-state index is 12.1. The second-order valence-corrected chi connectivity index (χ2v) is 6.30. The molecule has 0 saturated heterocycles. The van der Waals surface area contributed by atoms with Crippen molar-refractivity contribution in [2.24, 2.45) is 11.3 Å². The van der Waals surface area contributed by atoms with E-state index >= 15 is 0 Å². The zero-order chi connectivity index (χ0) is 12.8. The molecule has 2 aliphatic carbocycles. The van der Waals surface area contributed by atoms with E-state index < -0.39 is 0 Å². The second kappa shape index (κ2) is 4.28. The summed E-state index contributed by atoms with van der Waals surface area (Å²) in [6, 6.07) is 0. The Morgan fingerprint density at radius 2 is 2.00 bits per heavy atom. The van der Waals surface area contributed by atoms with E-state index in [4.69, 9.17) is 11.6 Å². The molecule has 0 bridgehead atoms. The summed E-state index contributed by atoms with van der Waals surface area (Å²) in [6.45, 7) is 8.53. The first-order valence-corrected chi connectivity index (χ1v) is 6.85. The largest absolute Gasteiger partial charge is 0.293 e. The lowest BCUT2D eigenvalue weighted by molar-refractivity contribution is -0.117. The van der Waals surface area contributed by atoms with Crippen LogP contribution in [0.15, 0.2) is 22.8 Å². The number of ketones is 1. The Hall–Kier alpha value is -0.560. The summed E-state index contributed by atoms with van der Waals surface area (Å²) in [7, 11) is 0. The Kier molecular flexibility index (Phi) is 3.24. The molecular weight excluding hydrogens is 232 g/mol. The Morgan fingerprint density at radius 1 is 1.35 bits per heavy atom. The summed E-state index contributed by atoms with van der Waals surface area (Å²) in [5.41, 5.74) is 3.78. The summed E-state index contributed by atoms with van der Waals surface area (Å²) in [4.78, 5) is 12.1. The summed E-state index contributed by atoms with van der Waals surface area (Å²) in [5, 5.41) is -0.351. The van der Waals surface area contributed by atoms with Crippen molar-refractivity contribution in [2.75, 3.05) is 0 Å². The maximum Gasteiger partial charge on any atom is 0.176 e. The van der Waals surface area contributed by atoms with Crippen LogP contribution in [-0.2, 0) is 4.79 Å². The molecule has 0 aromatic heterocycles. The molecule has 0 amide bonds. The van der Waals surface area contributed by atoms with Crippen LogP contribution in [0.3, 0.4) is 0 Å². The van der Waals surface area contributed by atoms with E-state index in [0.29, 0.717) is 0 Å². The number of carbonyl (C=O) groups is 1. The van der Waals surface area contributed by atoms with E-state index in [-0.39, 0.29) is 22.5 Å². The number of rotatable bonds is 0. The van der Waals surface area contributed by atoms with Gasteiger partial charge in [-0.1, -0.05) is 31.1 Å². The smallest absolute Gasteiger partial charge is 0.176 e. The van der Waals surface area contributed by atoms with Gasteiger partial charge in [-0.2, -0.15) is 0 Å². The molecule has 0 N–H and O–H groups in total. The number of hydrogen-bond acceptors (Lipinski definition) is 1. The zero-order valence-corrected chi connectivity index (χ0v) is 11.9. The fourth-order valence-electron chi connectivity index (χ4n) is 3.20. The van der Waals surface area contributed by atoms with Gasteiger partial charge in [-0.3, -0.25) is 4.79 Å². The van der Waals surface area contributed by atoms with Gasteiger partial charge in [-0.05, 0) is 50.0 Å². The van der Waals surface area contributed by atoms with Crippen molar-refractivity contribution >= 4 is 17.4 Å². The lowest BCUT2D eigenvalue weighted by atomic mass is 9.62. The second-order valence-electron chi connectivity index (χ2n) is 5.83. The van der Waals surface area contributed by atoms with Crippen LogP contribution in [0.25, 0.3) is 0 Å². The van der Waals surface area contributed by atoms with E-state index in [2.05, 4.69) is 26.8 Å². The van der Waals surface area contributed by atoms with Crippen LogP contribution < -0.4 is 0 Å². The molecule has 94 valence electrons. The third-order valence-electron chi connectivity index (χ3n) is 4.85. The van der Waals surface area contributed by atoms with Crippen molar-refractivity contribution in [1.29, 1.82) is 0 Å². The van der Waals surface area contributed by atoms with E-state index in [0.717, 1.165) is 24.8 Å². The predicted octanol–water partition coefficient (Wildman–Crippen LogP) is 4.27. The molecule has 2 heteroatoms. The highest BCUT2D eigenvalue weighted by Crippen LogP contribution is 2.51. The number of Topliss-reactive ketones (excluding diaryl/α,β-unsaturated/α-hetero) is 1. The molecule has 0 aliphatic heterocycles. The molecule has 0 aromatic carbocycles. The molecule has 0 radical (unpaired) electrons. The molecule has 2 rings (SSSR count). The Bertz CT molecular complexity index is 419. The Morgan fingerprint density at radius 3 is 2.65 bits per heavy atom. The highest BCUT2D eigenvalue weighted by molar-refractivity contribution is 6.34. The van der Waals surface area contributed by atoms with Crippen molar-refractivity contribution in [3.8, 4) is 0 Å². The molecule has 0 heterocycles. The fraction of sp³-hybridized carbons (Fsp3) is 0.667.